The number of thioether (sulfide) groups is 1. The molecule has 1 unspecified atom stereocenters. The highest BCUT2D eigenvalue weighted by Crippen LogP contribution is 2.11. The molecule has 0 aromatic carbocycles. The molecule has 1 aliphatic rings. The number of nitrogens with one attached hydrogen (secondary N) is 1. The number of hydrogen-bond acceptors (Lipinski definition) is 5. The van der Waals surface area contributed by atoms with Crippen molar-refractivity contribution < 1.29 is 14.3 Å². The van der Waals surface area contributed by atoms with Crippen LogP contribution in [0.15, 0.2) is 0 Å². The number of carbonyl (C=O) groups is 2. The number of morpholine rings is 1. The molecule has 0 aromatic rings. The van der Waals surface area contributed by atoms with E-state index in [0.717, 1.165) is 5.75 Å². The second kappa shape index (κ2) is 8.39. The Labute approximate surface area is 118 Å². The van der Waals surface area contributed by atoms with E-state index in [1.165, 1.54) is 0 Å². The van der Waals surface area contributed by atoms with Gasteiger partial charge in [-0.1, -0.05) is 0 Å². The molecule has 2 amide bonds. The van der Waals surface area contributed by atoms with E-state index < -0.39 is 12.1 Å². The Kier molecular flexibility index (Phi) is 7.19. The summed E-state index contributed by atoms with van der Waals surface area (Å²) in [5, 5.41) is 2.72. The van der Waals surface area contributed by atoms with Crippen LogP contribution in [0.25, 0.3) is 0 Å². The van der Waals surface area contributed by atoms with E-state index in [2.05, 4.69) is 5.32 Å². The van der Waals surface area contributed by atoms with Gasteiger partial charge in [0.25, 0.3) is 0 Å². The topological polar surface area (TPSA) is 84.7 Å². The molecule has 0 saturated carbocycles. The van der Waals surface area contributed by atoms with E-state index in [-0.39, 0.29) is 18.4 Å². The monoisotopic (exact) mass is 289 g/mol. The van der Waals surface area contributed by atoms with Gasteiger partial charge < -0.3 is 20.7 Å². The van der Waals surface area contributed by atoms with Crippen LogP contribution in [0.2, 0.25) is 0 Å². The van der Waals surface area contributed by atoms with Gasteiger partial charge >= 0.3 is 0 Å². The second-order valence-electron chi connectivity index (χ2n) is 4.40. The summed E-state index contributed by atoms with van der Waals surface area (Å²) in [6, 6.07) is -1.09. The Balaban J connectivity index is 2.65. The molecule has 1 saturated heterocycles. The van der Waals surface area contributed by atoms with Gasteiger partial charge in [0.2, 0.25) is 11.8 Å². The number of amides is 2. The van der Waals surface area contributed by atoms with Crippen LogP contribution in [0, 0.1) is 0 Å². The van der Waals surface area contributed by atoms with Gasteiger partial charge in [-0.25, -0.2) is 0 Å². The van der Waals surface area contributed by atoms with E-state index in [4.69, 9.17) is 10.5 Å². The van der Waals surface area contributed by atoms with Crippen LogP contribution in [0.4, 0.5) is 0 Å². The lowest BCUT2D eigenvalue weighted by atomic mass is 10.1. The summed E-state index contributed by atoms with van der Waals surface area (Å²) >= 11 is 1.65. The number of nitrogens with two attached hydrogens (primary N) is 1. The van der Waals surface area contributed by atoms with Crippen molar-refractivity contribution in [3.8, 4) is 0 Å². The van der Waals surface area contributed by atoms with Crippen molar-refractivity contribution in [1.82, 2.24) is 10.2 Å². The highest BCUT2D eigenvalue weighted by molar-refractivity contribution is 7.98. The molecule has 0 aromatic heterocycles. The third-order valence-electron chi connectivity index (χ3n) is 3.02. The number of carbonyl (C=O) groups excluding carboxylic acids is 2. The van der Waals surface area contributed by atoms with E-state index >= 15 is 0 Å². The molecular weight excluding hydrogens is 266 g/mol. The molecule has 0 radical (unpaired) electrons. The largest absolute Gasteiger partial charge is 0.377 e. The van der Waals surface area contributed by atoms with E-state index in [1.807, 2.05) is 13.2 Å². The summed E-state index contributed by atoms with van der Waals surface area (Å²) in [6.45, 7) is 3.51. The first-order valence-corrected chi connectivity index (χ1v) is 7.91. The predicted octanol–water partition coefficient (Wildman–Crippen LogP) is -0.570. The van der Waals surface area contributed by atoms with Crippen molar-refractivity contribution >= 4 is 23.6 Å². The van der Waals surface area contributed by atoms with Crippen LogP contribution in [-0.4, -0.2) is 67.1 Å². The average molecular weight is 289 g/mol. The van der Waals surface area contributed by atoms with Crippen LogP contribution in [0.1, 0.15) is 13.3 Å². The van der Waals surface area contributed by atoms with Crippen molar-refractivity contribution in [2.24, 2.45) is 5.73 Å². The van der Waals surface area contributed by atoms with Crippen molar-refractivity contribution in [2.45, 2.75) is 25.4 Å². The minimum atomic E-state index is -0.554. The van der Waals surface area contributed by atoms with Gasteiger partial charge in [-0.2, -0.15) is 11.8 Å². The number of likely N-dealkylation sites (N-methyl/N-ethyl adjacent to an activating group) is 1. The Morgan fingerprint density at radius 1 is 1.58 bits per heavy atom. The lowest BCUT2D eigenvalue weighted by molar-refractivity contribution is -0.149. The first-order chi connectivity index (χ1) is 9.11. The van der Waals surface area contributed by atoms with Gasteiger partial charge in [-0.3, -0.25) is 9.59 Å². The highest BCUT2D eigenvalue weighted by Gasteiger charge is 2.34. The molecular formula is C12H23N3O3S. The van der Waals surface area contributed by atoms with Crippen LogP contribution in [0.3, 0.4) is 0 Å². The predicted molar refractivity (Wildman–Crippen MR) is 76.0 cm³/mol. The number of ether oxygens (including phenoxy) is 1. The molecule has 0 bridgehead atoms. The standard InChI is InChI=1S/C12H23N3O3S/c1-3-14-11(16)10-8-18-6-5-15(10)12(17)9(13)4-7-19-2/h9-10H,3-8,13H2,1-2H3,(H,14,16)/t9-,10?/m1/s1. The number of hydrogen-bond donors (Lipinski definition) is 2. The fraction of sp³-hybridized carbons (Fsp3) is 0.833. The summed E-state index contributed by atoms with van der Waals surface area (Å²) in [4.78, 5) is 25.8. The van der Waals surface area contributed by atoms with Gasteiger partial charge in [-0.05, 0) is 25.4 Å². The fourth-order valence-electron chi connectivity index (χ4n) is 1.96. The zero-order valence-corrected chi connectivity index (χ0v) is 12.4. The SMILES string of the molecule is CCNC(=O)C1COCCN1C(=O)[C@H](N)CCSC. The normalized spacial score (nSPS) is 21.0. The van der Waals surface area contributed by atoms with Crippen molar-refractivity contribution in [2.75, 3.05) is 38.3 Å². The van der Waals surface area contributed by atoms with E-state index in [9.17, 15) is 9.59 Å². The molecule has 0 aliphatic carbocycles. The lowest BCUT2D eigenvalue weighted by Crippen LogP contribution is -2.59. The molecule has 1 fully saturated rings. The molecule has 1 heterocycles. The van der Waals surface area contributed by atoms with Gasteiger partial charge in [0, 0.05) is 13.1 Å². The Morgan fingerprint density at radius 2 is 2.32 bits per heavy atom. The molecule has 2 atom stereocenters. The minimum Gasteiger partial charge on any atom is -0.377 e. The maximum absolute atomic E-state index is 12.3. The summed E-state index contributed by atoms with van der Waals surface area (Å²) in [5.74, 6) is 0.504. The Hall–Kier alpha value is -0.790. The van der Waals surface area contributed by atoms with Crippen LogP contribution in [0.5, 0.6) is 0 Å². The van der Waals surface area contributed by atoms with E-state index in [1.54, 1.807) is 16.7 Å². The molecule has 3 N–H and O–H groups in total. The zero-order valence-electron chi connectivity index (χ0n) is 11.6. The third-order valence-corrected chi connectivity index (χ3v) is 3.66. The summed E-state index contributed by atoms with van der Waals surface area (Å²) in [7, 11) is 0. The molecule has 6 nitrogen and oxygen atoms in total. The number of nitrogens with zero attached hydrogens (tertiary/aromatic N) is 1. The molecule has 7 heteroatoms. The van der Waals surface area contributed by atoms with E-state index in [0.29, 0.717) is 26.1 Å². The van der Waals surface area contributed by atoms with Gasteiger partial charge in [0.1, 0.15) is 6.04 Å². The lowest BCUT2D eigenvalue weighted by Gasteiger charge is -2.36. The summed E-state index contributed by atoms with van der Waals surface area (Å²) in [6.07, 6.45) is 2.60. The first kappa shape index (κ1) is 16.3. The molecule has 1 rings (SSSR count). The highest BCUT2D eigenvalue weighted by atomic mass is 32.2. The van der Waals surface area contributed by atoms with Crippen molar-refractivity contribution in [3.05, 3.63) is 0 Å². The van der Waals surface area contributed by atoms with Crippen LogP contribution < -0.4 is 11.1 Å². The first-order valence-electron chi connectivity index (χ1n) is 6.52. The average Bonchev–Trinajstić information content (AvgIpc) is 2.44. The zero-order chi connectivity index (χ0) is 14.3. The molecule has 1 aliphatic heterocycles. The smallest absolute Gasteiger partial charge is 0.245 e. The maximum Gasteiger partial charge on any atom is 0.245 e. The number of rotatable bonds is 6. The van der Waals surface area contributed by atoms with Crippen LogP contribution in [-0.2, 0) is 14.3 Å². The Bertz CT molecular complexity index is 315. The quantitative estimate of drug-likeness (QED) is 0.684. The molecule has 0 spiro atoms. The van der Waals surface area contributed by atoms with Gasteiger partial charge in [0.05, 0.1) is 19.3 Å². The molecule has 110 valence electrons. The molecule has 19 heavy (non-hydrogen) atoms. The van der Waals surface area contributed by atoms with Crippen molar-refractivity contribution in [3.63, 3.8) is 0 Å². The van der Waals surface area contributed by atoms with Crippen LogP contribution >= 0.6 is 11.8 Å². The van der Waals surface area contributed by atoms with Crippen molar-refractivity contribution in [1.29, 1.82) is 0 Å². The Morgan fingerprint density at radius 3 is 2.95 bits per heavy atom. The van der Waals surface area contributed by atoms with Gasteiger partial charge in [-0.15, -0.1) is 0 Å². The minimum absolute atomic E-state index is 0.159. The fourth-order valence-corrected chi connectivity index (χ4v) is 2.45. The third kappa shape index (κ3) is 4.67. The summed E-state index contributed by atoms with van der Waals surface area (Å²) in [5.41, 5.74) is 5.89. The summed E-state index contributed by atoms with van der Waals surface area (Å²) < 4.78 is 5.29. The maximum atomic E-state index is 12.3. The van der Waals surface area contributed by atoms with Gasteiger partial charge in [0.15, 0.2) is 0 Å². The second-order valence-corrected chi connectivity index (χ2v) is 5.39.